The van der Waals surface area contributed by atoms with E-state index in [1.807, 2.05) is 0 Å². The van der Waals surface area contributed by atoms with Crippen LogP contribution in [0.25, 0.3) is 0 Å². The zero-order valence-corrected chi connectivity index (χ0v) is 13.7. The summed E-state index contributed by atoms with van der Waals surface area (Å²) in [4.78, 5) is 0.125. The summed E-state index contributed by atoms with van der Waals surface area (Å²) in [7, 11) is -3.79. The van der Waals surface area contributed by atoms with Crippen molar-refractivity contribution in [3.8, 4) is 0 Å². The van der Waals surface area contributed by atoms with E-state index < -0.39 is 15.8 Å². The highest BCUT2D eigenvalue weighted by atomic mass is 32.2. The number of halogens is 1. The molecule has 0 radical (unpaired) electrons. The Hall–Kier alpha value is -1.88. The van der Waals surface area contributed by atoms with Gasteiger partial charge < -0.3 is 0 Å². The third kappa shape index (κ3) is 3.65. The van der Waals surface area contributed by atoms with Crippen LogP contribution in [-0.2, 0) is 10.0 Å². The van der Waals surface area contributed by atoms with E-state index in [4.69, 9.17) is 0 Å². The number of anilines is 1. The zero-order valence-electron chi connectivity index (χ0n) is 12.9. The van der Waals surface area contributed by atoms with Gasteiger partial charge in [-0.2, -0.15) is 0 Å². The Kier molecular flexibility index (Phi) is 4.86. The lowest BCUT2D eigenvalue weighted by Crippen LogP contribution is -2.14. The maximum Gasteiger partial charge on any atom is 0.261 e. The fourth-order valence-electron chi connectivity index (χ4n) is 2.12. The van der Waals surface area contributed by atoms with Gasteiger partial charge in [0, 0.05) is 0 Å². The second-order valence-corrected chi connectivity index (χ2v) is 7.15. The van der Waals surface area contributed by atoms with Gasteiger partial charge in [0.15, 0.2) is 0 Å². The van der Waals surface area contributed by atoms with Crippen LogP contribution in [0.15, 0.2) is 47.4 Å². The average Bonchev–Trinajstić information content (AvgIpc) is 2.49. The number of nitrogens with one attached hydrogen (secondary N) is 1. The molecule has 0 heterocycles. The van der Waals surface area contributed by atoms with Crippen LogP contribution in [0.5, 0.6) is 0 Å². The lowest BCUT2D eigenvalue weighted by atomic mass is 9.99. The highest BCUT2D eigenvalue weighted by Gasteiger charge is 2.16. The molecule has 118 valence electrons. The standard InChI is InChI=1S/C17H20FNO2S/c1-4-13(3)14-6-8-15(9-7-14)22(20,21)19-17-10-5-12(2)11-16(17)18/h5-11,13,19H,4H2,1-3H3/t13-/m0/s1. The van der Waals surface area contributed by atoms with E-state index in [9.17, 15) is 12.8 Å². The van der Waals surface area contributed by atoms with Gasteiger partial charge in [-0.25, -0.2) is 12.8 Å². The number of hydrogen-bond acceptors (Lipinski definition) is 2. The van der Waals surface area contributed by atoms with E-state index >= 15 is 0 Å². The van der Waals surface area contributed by atoms with Crippen molar-refractivity contribution in [2.45, 2.75) is 38.0 Å². The van der Waals surface area contributed by atoms with Crippen molar-refractivity contribution in [2.24, 2.45) is 0 Å². The molecule has 1 N–H and O–H groups in total. The molecule has 0 spiro atoms. The SMILES string of the molecule is CC[C@H](C)c1ccc(S(=O)(=O)Nc2ccc(C)cc2F)cc1. The number of hydrogen-bond donors (Lipinski definition) is 1. The van der Waals surface area contributed by atoms with Crippen LogP contribution in [0.1, 0.15) is 37.3 Å². The number of benzene rings is 2. The van der Waals surface area contributed by atoms with E-state index in [1.165, 1.54) is 12.1 Å². The second-order valence-electron chi connectivity index (χ2n) is 5.47. The predicted octanol–water partition coefficient (Wildman–Crippen LogP) is 4.45. The molecule has 2 rings (SSSR count). The van der Waals surface area contributed by atoms with Crippen LogP contribution in [0.2, 0.25) is 0 Å². The van der Waals surface area contributed by atoms with E-state index in [1.54, 1.807) is 37.3 Å². The van der Waals surface area contributed by atoms with Crippen molar-refractivity contribution in [1.82, 2.24) is 0 Å². The quantitative estimate of drug-likeness (QED) is 0.884. The summed E-state index contributed by atoms with van der Waals surface area (Å²) in [5.74, 6) is -0.209. The van der Waals surface area contributed by atoms with E-state index in [-0.39, 0.29) is 10.6 Å². The lowest BCUT2D eigenvalue weighted by Gasteiger charge is -2.12. The molecule has 0 unspecified atom stereocenters. The van der Waals surface area contributed by atoms with Crippen molar-refractivity contribution in [1.29, 1.82) is 0 Å². The minimum Gasteiger partial charge on any atom is -0.277 e. The molecule has 1 atom stereocenters. The number of rotatable bonds is 5. The van der Waals surface area contributed by atoms with Crippen LogP contribution in [0.4, 0.5) is 10.1 Å². The van der Waals surface area contributed by atoms with Gasteiger partial charge in [-0.1, -0.05) is 32.0 Å². The fourth-order valence-corrected chi connectivity index (χ4v) is 3.19. The van der Waals surface area contributed by atoms with Gasteiger partial charge in [0.1, 0.15) is 5.82 Å². The molecule has 0 aliphatic carbocycles. The van der Waals surface area contributed by atoms with Gasteiger partial charge in [0.2, 0.25) is 0 Å². The third-order valence-electron chi connectivity index (χ3n) is 3.74. The molecule has 3 nitrogen and oxygen atoms in total. The normalized spacial score (nSPS) is 12.9. The van der Waals surface area contributed by atoms with Crippen molar-refractivity contribution in [2.75, 3.05) is 4.72 Å². The first-order valence-electron chi connectivity index (χ1n) is 7.22. The fraction of sp³-hybridized carbons (Fsp3) is 0.294. The van der Waals surface area contributed by atoms with E-state index in [0.717, 1.165) is 17.5 Å². The summed E-state index contributed by atoms with van der Waals surface area (Å²) in [5.41, 5.74) is 1.78. The first kappa shape index (κ1) is 16.5. The van der Waals surface area contributed by atoms with E-state index in [2.05, 4.69) is 18.6 Å². The highest BCUT2D eigenvalue weighted by Crippen LogP contribution is 2.23. The smallest absolute Gasteiger partial charge is 0.261 e. The molecule has 0 aliphatic heterocycles. The van der Waals surface area contributed by atoms with Crippen LogP contribution >= 0.6 is 0 Å². The minimum absolute atomic E-state index is 0.0448. The first-order chi connectivity index (χ1) is 10.3. The molecule has 0 aliphatic rings. The van der Waals surface area contributed by atoms with Gasteiger partial charge in [-0.3, -0.25) is 4.72 Å². The summed E-state index contributed by atoms with van der Waals surface area (Å²) in [5, 5.41) is 0. The minimum atomic E-state index is -3.79. The zero-order chi connectivity index (χ0) is 16.3. The maximum atomic E-state index is 13.8. The maximum absolute atomic E-state index is 13.8. The largest absolute Gasteiger partial charge is 0.277 e. The van der Waals surface area contributed by atoms with Gasteiger partial charge in [-0.15, -0.1) is 0 Å². The molecule has 0 amide bonds. The molecule has 0 fully saturated rings. The Morgan fingerprint density at radius 3 is 2.32 bits per heavy atom. The van der Waals surface area contributed by atoms with Crippen LogP contribution < -0.4 is 4.72 Å². The molecular formula is C17H20FNO2S. The number of sulfonamides is 1. The molecule has 2 aromatic carbocycles. The van der Waals surface area contributed by atoms with Crippen molar-refractivity contribution < 1.29 is 12.8 Å². The van der Waals surface area contributed by atoms with Crippen molar-refractivity contribution in [3.63, 3.8) is 0 Å². The second kappa shape index (κ2) is 6.48. The first-order valence-corrected chi connectivity index (χ1v) is 8.70. The topological polar surface area (TPSA) is 46.2 Å². The Morgan fingerprint density at radius 2 is 1.77 bits per heavy atom. The molecule has 22 heavy (non-hydrogen) atoms. The molecule has 0 saturated heterocycles. The molecule has 2 aromatic rings. The summed E-state index contributed by atoms with van der Waals surface area (Å²) >= 11 is 0. The van der Waals surface area contributed by atoms with Gasteiger partial charge >= 0.3 is 0 Å². The van der Waals surface area contributed by atoms with Gasteiger partial charge in [0.05, 0.1) is 10.6 Å². The predicted molar refractivity (Wildman–Crippen MR) is 87.1 cm³/mol. The third-order valence-corrected chi connectivity index (χ3v) is 5.12. The summed E-state index contributed by atoms with van der Waals surface area (Å²) in [6.45, 7) is 5.91. The Bertz CT molecular complexity index is 755. The Labute approximate surface area is 131 Å². The van der Waals surface area contributed by atoms with Gasteiger partial charge in [0.25, 0.3) is 10.0 Å². The summed E-state index contributed by atoms with van der Waals surface area (Å²) < 4.78 is 40.7. The van der Waals surface area contributed by atoms with Crippen LogP contribution in [-0.4, -0.2) is 8.42 Å². The molecule has 5 heteroatoms. The molecular weight excluding hydrogens is 301 g/mol. The Balaban J connectivity index is 2.26. The lowest BCUT2D eigenvalue weighted by molar-refractivity contribution is 0.598. The van der Waals surface area contributed by atoms with Crippen LogP contribution in [0, 0.1) is 12.7 Å². The van der Waals surface area contributed by atoms with Crippen molar-refractivity contribution in [3.05, 3.63) is 59.4 Å². The summed E-state index contributed by atoms with van der Waals surface area (Å²) in [6.07, 6.45) is 0.985. The van der Waals surface area contributed by atoms with Gasteiger partial charge in [-0.05, 0) is 54.7 Å². The highest BCUT2D eigenvalue weighted by molar-refractivity contribution is 7.92. The summed E-state index contributed by atoms with van der Waals surface area (Å²) in [6, 6.07) is 11.1. The van der Waals surface area contributed by atoms with Crippen LogP contribution in [0.3, 0.4) is 0 Å². The Morgan fingerprint density at radius 1 is 1.14 bits per heavy atom. The average molecular weight is 321 g/mol. The molecule has 0 bridgehead atoms. The van der Waals surface area contributed by atoms with E-state index in [0.29, 0.717) is 5.92 Å². The molecule has 0 aromatic heterocycles. The number of aryl methyl sites for hydroxylation is 1. The van der Waals surface area contributed by atoms with Crippen molar-refractivity contribution >= 4 is 15.7 Å². The molecule has 0 saturated carbocycles. The monoisotopic (exact) mass is 321 g/mol.